The number of rotatable bonds is 3. The zero-order chi connectivity index (χ0) is 14.6. The molecule has 0 aliphatic heterocycles. The van der Waals surface area contributed by atoms with Gasteiger partial charge >= 0.3 is 0 Å². The van der Waals surface area contributed by atoms with Crippen molar-refractivity contribution in [3.63, 3.8) is 0 Å². The van der Waals surface area contributed by atoms with Crippen LogP contribution in [0.5, 0.6) is 0 Å². The van der Waals surface area contributed by atoms with Crippen LogP contribution in [0.4, 0.5) is 5.00 Å². The number of nitrogens with one attached hydrogen (secondary N) is 1. The molecule has 0 bridgehead atoms. The van der Waals surface area contributed by atoms with Crippen molar-refractivity contribution in [2.24, 2.45) is 5.73 Å². The maximum absolute atomic E-state index is 12.3. The van der Waals surface area contributed by atoms with Crippen LogP contribution in [0.25, 0.3) is 0 Å². The Morgan fingerprint density at radius 3 is 2.90 bits per heavy atom. The molecule has 0 atom stereocenters. The molecule has 0 aliphatic carbocycles. The molecule has 0 radical (unpaired) electrons. The van der Waals surface area contributed by atoms with Crippen LogP contribution in [-0.4, -0.2) is 24.5 Å². The molecule has 0 fully saturated rings. The molecule has 2 aromatic rings. The number of hydrogen-bond donors (Lipinski definition) is 2. The molecule has 0 spiro atoms. The van der Waals surface area contributed by atoms with Crippen molar-refractivity contribution >= 4 is 26.6 Å². The van der Waals surface area contributed by atoms with E-state index in [1.165, 1.54) is 12.3 Å². The molecule has 1 aromatic heterocycles. The second-order valence-electron chi connectivity index (χ2n) is 3.87. The molecule has 0 saturated carbocycles. The van der Waals surface area contributed by atoms with Gasteiger partial charge in [0.1, 0.15) is 5.00 Å². The lowest BCUT2D eigenvalue weighted by molar-refractivity contribution is 0.600. The lowest BCUT2D eigenvalue weighted by Gasteiger charge is -2.08. The van der Waals surface area contributed by atoms with E-state index in [0.29, 0.717) is 16.1 Å². The number of aryl methyl sites for hydroxylation is 1. The molecule has 104 valence electrons. The minimum absolute atomic E-state index is 0.176. The van der Waals surface area contributed by atoms with E-state index in [4.69, 9.17) is 5.73 Å². The second-order valence-corrected chi connectivity index (χ2v) is 6.31. The minimum Gasteiger partial charge on any atom is -0.320 e. The van der Waals surface area contributed by atoms with Crippen LogP contribution >= 0.6 is 11.5 Å². The third-order valence-corrected chi connectivity index (χ3v) is 4.63. The number of hydrogen-bond acceptors (Lipinski definition) is 6. The fourth-order valence-electron chi connectivity index (χ4n) is 1.52. The van der Waals surface area contributed by atoms with E-state index < -0.39 is 10.0 Å². The highest BCUT2D eigenvalue weighted by atomic mass is 32.2. The minimum atomic E-state index is -3.68. The average Bonchev–Trinajstić information content (AvgIpc) is 2.89. The Balaban J connectivity index is 2.40. The summed E-state index contributed by atoms with van der Waals surface area (Å²) in [5, 5.41) is 3.95. The normalized spacial score (nSPS) is 10.7. The SMILES string of the molecule is Cc1ccc(C#CCN)cc1S(=O)(=O)Nc1cnns1. The Labute approximate surface area is 121 Å². The maximum atomic E-state index is 12.3. The van der Waals surface area contributed by atoms with Crippen molar-refractivity contribution in [2.75, 3.05) is 11.3 Å². The number of sulfonamides is 1. The predicted octanol–water partition coefficient (Wildman–Crippen LogP) is 0.958. The largest absolute Gasteiger partial charge is 0.320 e. The van der Waals surface area contributed by atoms with Crippen molar-refractivity contribution in [3.05, 3.63) is 35.5 Å². The molecule has 0 aliphatic rings. The number of nitrogens with two attached hydrogens (primary N) is 1. The summed E-state index contributed by atoms with van der Waals surface area (Å²) in [5.74, 6) is 5.51. The summed E-state index contributed by atoms with van der Waals surface area (Å²) >= 11 is 0.973. The van der Waals surface area contributed by atoms with Crippen LogP contribution in [0.2, 0.25) is 0 Å². The number of aromatic nitrogens is 2. The van der Waals surface area contributed by atoms with Gasteiger partial charge in [-0.3, -0.25) is 4.72 Å². The highest BCUT2D eigenvalue weighted by Crippen LogP contribution is 2.21. The smallest absolute Gasteiger partial charge is 0.262 e. The molecule has 8 heteroatoms. The summed E-state index contributed by atoms with van der Waals surface area (Å²) in [6.45, 7) is 1.94. The van der Waals surface area contributed by atoms with Gasteiger partial charge in [-0.15, -0.1) is 5.10 Å². The molecule has 0 amide bonds. The Bertz CT molecular complexity index is 758. The van der Waals surface area contributed by atoms with Gasteiger partial charge in [0, 0.05) is 17.1 Å². The van der Waals surface area contributed by atoms with Crippen LogP contribution in [0.15, 0.2) is 29.3 Å². The molecular formula is C12H12N4O2S2. The van der Waals surface area contributed by atoms with E-state index in [1.54, 1.807) is 19.1 Å². The fourth-order valence-corrected chi connectivity index (χ4v) is 3.48. The highest BCUT2D eigenvalue weighted by Gasteiger charge is 2.18. The van der Waals surface area contributed by atoms with E-state index in [2.05, 4.69) is 26.1 Å². The zero-order valence-corrected chi connectivity index (χ0v) is 12.3. The third kappa shape index (κ3) is 3.33. The monoisotopic (exact) mass is 308 g/mol. The lowest BCUT2D eigenvalue weighted by atomic mass is 10.1. The summed E-state index contributed by atoms with van der Waals surface area (Å²) < 4.78 is 30.7. The van der Waals surface area contributed by atoms with Gasteiger partial charge in [0.2, 0.25) is 0 Å². The third-order valence-electron chi connectivity index (χ3n) is 2.41. The van der Waals surface area contributed by atoms with Gasteiger partial charge in [0.15, 0.2) is 0 Å². The molecule has 0 saturated heterocycles. The Morgan fingerprint density at radius 2 is 2.25 bits per heavy atom. The van der Waals surface area contributed by atoms with Gasteiger partial charge < -0.3 is 5.73 Å². The Hall–Kier alpha value is -1.95. The van der Waals surface area contributed by atoms with Gasteiger partial charge in [0.05, 0.1) is 17.6 Å². The number of anilines is 1. The Morgan fingerprint density at radius 1 is 1.45 bits per heavy atom. The maximum Gasteiger partial charge on any atom is 0.262 e. The topological polar surface area (TPSA) is 98.0 Å². The summed E-state index contributed by atoms with van der Waals surface area (Å²) in [6.07, 6.45) is 1.36. The summed E-state index contributed by atoms with van der Waals surface area (Å²) in [4.78, 5) is 0.176. The van der Waals surface area contributed by atoms with Crippen molar-refractivity contribution < 1.29 is 8.42 Å². The van der Waals surface area contributed by atoms with Crippen molar-refractivity contribution in [1.29, 1.82) is 0 Å². The first kappa shape index (κ1) is 14.5. The van der Waals surface area contributed by atoms with Crippen molar-refractivity contribution in [1.82, 2.24) is 9.59 Å². The van der Waals surface area contributed by atoms with Crippen LogP contribution in [0, 0.1) is 18.8 Å². The van der Waals surface area contributed by atoms with Crippen LogP contribution in [-0.2, 0) is 10.0 Å². The zero-order valence-electron chi connectivity index (χ0n) is 10.6. The standard InChI is InChI=1S/C12H12N4O2S2/c1-9-4-5-10(3-2-6-13)7-11(9)20(17,18)15-12-8-14-16-19-12/h4-5,7-8,15H,6,13H2,1H3. The van der Waals surface area contributed by atoms with Gasteiger partial charge in [-0.1, -0.05) is 22.4 Å². The van der Waals surface area contributed by atoms with E-state index in [-0.39, 0.29) is 11.4 Å². The van der Waals surface area contributed by atoms with E-state index in [0.717, 1.165) is 11.5 Å². The molecule has 0 unspecified atom stereocenters. The highest BCUT2D eigenvalue weighted by molar-refractivity contribution is 7.93. The first-order valence-corrected chi connectivity index (χ1v) is 7.88. The quantitative estimate of drug-likeness (QED) is 0.823. The molecule has 2 rings (SSSR count). The summed E-state index contributed by atoms with van der Waals surface area (Å²) in [6, 6.07) is 4.99. The van der Waals surface area contributed by atoms with Gasteiger partial charge in [-0.2, -0.15) is 0 Å². The number of nitrogens with zero attached hydrogens (tertiary/aromatic N) is 2. The molecule has 3 N–H and O–H groups in total. The first-order chi connectivity index (χ1) is 9.53. The summed E-state index contributed by atoms with van der Waals surface area (Å²) in [7, 11) is -3.68. The second kappa shape index (κ2) is 6.00. The summed E-state index contributed by atoms with van der Waals surface area (Å²) in [5.41, 5.74) is 6.54. The average molecular weight is 308 g/mol. The van der Waals surface area contributed by atoms with Crippen LogP contribution in [0.1, 0.15) is 11.1 Å². The molecule has 20 heavy (non-hydrogen) atoms. The fraction of sp³-hybridized carbons (Fsp3) is 0.167. The molecule has 6 nitrogen and oxygen atoms in total. The van der Waals surface area contributed by atoms with Crippen LogP contribution < -0.4 is 10.5 Å². The molecular weight excluding hydrogens is 296 g/mol. The predicted molar refractivity (Wildman–Crippen MR) is 77.8 cm³/mol. The van der Waals surface area contributed by atoms with E-state index >= 15 is 0 Å². The molecule has 1 heterocycles. The van der Waals surface area contributed by atoms with Crippen molar-refractivity contribution in [2.45, 2.75) is 11.8 Å². The van der Waals surface area contributed by atoms with Crippen LogP contribution in [0.3, 0.4) is 0 Å². The van der Waals surface area contributed by atoms with Crippen molar-refractivity contribution in [3.8, 4) is 11.8 Å². The van der Waals surface area contributed by atoms with Gasteiger partial charge in [-0.25, -0.2) is 8.42 Å². The van der Waals surface area contributed by atoms with Gasteiger partial charge in [0.25, 0.3) is 10.0 Å². The van der Waals surface area contributed by atoms with E-state index in [9.17, 15) is 8.42 Å². The number of benzene rings is 1. The van der Waals surface area contributed by atoms with E-state index in [1.807, 2.05) is 0 Å². The lowest BCUT2D eigenvalue weighted by Crippen LogP contribution is -2.13. The first-order valence-electron chi connectivity index (χ1n) is 5.62. The van der Waals surface area contributed by atoms with Gasteiger partial charge in [-0.05, 0) is 24.6 Å². The Kier molecular flexibility index (Phi) is 4.34. The molecule has 1 aromatic carbocycles.